The number of benzene rings is 1. The third-order valence-electron chi connectivity index (χ3n) is 3.24. The van der Waals surface area contributed by atoms with E-state index in [2.05, 4.69) is 11.4 Å². The fourth-order valence-corrected chi connectivity index (χ4v) is 1.86. The van der Waals surface area contributed by atoms with E-state index in [1.165, 1.54) is 0 Å². The van der Waals surface area contributed by atoms with Gasteiger partial charge in [-0.15, -0.1) is 0 Å². The van der Waals surface area contributed by atoms with Gasteiger partial charge in [0.2, 0.25) is 0 Å². The zero-order valence-corrected chi connectivity index (χ0v) is 10.7. The molecule has 0 aromatic heterocycles. The number of carboxylic acid groups (broad SMARTS) is 1. The third-order valence-corrected chi connectivity index (χ3v) is 3.24. The Kier molecular flexibility index (Phi) is 4.73. The molecule has 0 heterocycles. The molecule has 0 spiro atoms. The molecule has 1 aromatic rings. The molecule has 0 bridgehead atoms. The number of anilines is 1. The highest BCUT2D eigenvalue weighted by Gasteiger charge is 2.34. The summed E-state index contributed by atoms with van der Waals surface area (Å²) in [6.45, 7) is 3.71. The smallest absolute Gasteiger partial charge is 0.329 e. The van der Waals surface area contributed by atoms with Crippen LogP contribution in [0, 0.1) is 11.3 Å². The molecule has 0 saturated carbocycles. The minimum atomic E-state index is -0.920. The van der Waals surface area contributed by atoms with Crippen LogP contribution in [0.25, 0.3) is 0 Å². The van der Waals surface area contributed by atoms with Crippen LogP contribution in [0.3, 0.4) is 0 Å². The van der Waals surface area contributed by atoms with Crippen molar-refractivity contribution in [2.24, 2.45) is 0 Å². The van der Waals surface area contributed by atoms with Crippen LogP contribution < -0.4 is 5.32 Å². The number of hydrogen-bond acceptors (Lipinski definition) is 3. The minimum absolute atomic E-state index is 0.367. The molecule has 4 heteroatoms. The van der Waals surface area contributed by atoms with Crippen molar-refractivity contribution in [2.75, 3.05) is 5.32 Å². The van der Waals surface area contributed by atoms with Crippen molar-refractivity contribution in [3.63, 3.8) is 0 Å². The summed E-state index contributed by atoms with van der Waals surface area (Å²) < 4.78 is 0. The third kappa shape index (κ3) is 3.01. The Balaban J connectivity index is 2.88. The van der Waals surface area contributed by atoms with E-state index in [1.54, 1.807) is 0 Å². The SMILES string of the molecule is CCC(CC)(Nc1ccc(CC#N)cc1)C(=O)O. The second kappa shape index (κ2) is 6.06. The number of hydrogen-bond donors (Lipinski definition) is 2. The van der Waals surface area contributed by atoms with Crippen LogP contribution in [0.5, 0.6) is 0 Å². The highest BCUT2D eigenvalue weighted by Crippen LogP contribution is 2.23. The monoisotopic (exact) mass is 246 g/mol. The highest BCUT2D eigenvalue weighted by molar-refractivity contribution is 5.82. The quantitative estimate of drug-likeness (QED) is 0.809. The summed E-state index contributed by atoms with van der Waals surface area (Å²) >= 11 is 0. The molecule has 0 atom stereocenters. The Labute approximate surface area is 107 Å². The van der Waals surface area contributed by atoms with Crippen molar-refractivity contribution in [3.05, 3.63) is 29.8 Å². The Morgan fingerprint density at radius 1 is 1.33 bits per heavy atom. The van der Waals surface area contributed by atoms with Crippen molar-refractivity contribution < 1.29 is 9.90 Å². The predicted octanol–water partition coefficient (Wildman–Crippen LogP) is 2.81. The zero-order chi connectivity index (χ0) is 13.6. The van der Waals surface area contributed by atoms with Gasteiger partial charge in [0, 0.05) is 5.69 Å². The molecule has 0 aliphatic carbocycles. The first-order valence-electron chi connectivity index (χ1n) is 6.05. The van der Waals surface area contributed by atoms with Gasteiger partial charge < -0.3 is 10.4 Å². The number of carbonyl (C=O) groups is 1. The topological polar surface area (TPSA) is 73.1 Å². The van der Waals surface area contributed by atoms with Gasteiger partial charge in [0.1, 0.15) is 5.54 Å². The van der Waals surface area contributed by atoms with E-state index in [9.17, 15) is 9.90 Å². The zero-order valence-electron chi connectivity index (χ0n) is 10.7. The summed E-state index contributed by atoms with van der Waals surface area (Å²) in [4.78, 5) is 11.4. The van der Waals surface area contributed by atoms with E-state index >= 15 is 0 Å². The van der Waals surface area contributed by atoms with Crippen molar-refractivity contribution in [2.45, 2.75) is 38.6 Å². The summed E-state index contributed by atoms with van der Waals surface area (Å²) in [7, 11) is 0. The van der Waals surface area contributed by atoms with Crippen molar-refractivity contribution in [1.82, 2.24) is 0 Å². The van der Waals surface area contributed by atoms with Gasteiger partial charge in [-0.1, -0.05) is 26.0 Å². The molecule has 2 N–H and O–H groups in total. The molecule has 0 saturated heterocycles. The Morgan fingerprint density at radius 2 is 1.89 bits per heavy atom. The largest absolute Gasteiger partial charge is 0.480 e. The van der Waals surface area contributed by atoms with E-state index in [1.807, 2.05) is 38.1 Å². The minimum Gasteiger partial charge on any atom is -0.480 e. The first kappa shape index (κ1) is 14.0. The maximum Gasteiger partial charge on any atom is 0.329 e. The molecule has 18 heavy (non-hydrogen) atoms. The van der Waals surface area contributed by atoms with Gasteiger partial charge in [-0.2, -0.15) is 5.26 Å². The Bertz CT molecular complexity index is 442. The van der Waals surface area contributed by atoms with Gasteiger partial charge in [0.25, 0.3) is 0 Å². The van der Waals surface area contributed by atoms with Crippen molar-refractivity contribution in [3.8, 4) is 6.07 Å². The average molecular weight is 246 g/mol. The molecular formula is C14H18N2O2. The highest BCUT2D eigenvalue weighted by atomic mass is 16.4. The lowest BCUT2D eigenvalue weighted by atomic mass is 9.92. The van der Waals surface area contributed by atoms with E-state index in [0.717, 1.165) is 11.3 Å². The molecular weight excluding hydrogens is 228 g/mol. The van der Waals surface area contributed by atoms with Crippen molar-refractivity contribution in [1.29, 1.82) is 5.26 Å². The van der Waals surface area contributed by atoms with Gasteiger partial charge >= 0.3 is 5.97 Å². The summed E-state index contributed by atoms with van der Waals surface area (Å²) in [5.41, 5.74) is 0.774. The fourth-order valence-electron chi connectivity index (χ4n) is 1.86. The molecule has 0 unspecified atom stereocenters. The van der Waals surface area contributed by atoms with E-state index < -0.39 is 11.5 Å². The van der Waals surface area contributed by atoms with Crippen LogP contribution in [0.4, 0.5) is 5.69 Å². The summed E-state index contributed by atoms with van der Waals surface area (Å²) in [5.74, 6) is -0.839. The Hall–Kier alpha value is -2.02. The summed E-state index contributed by atoms with van der Waals surface area (Å²) in [6.07, 6.45) is 1.39. The molecule has 0 radical (unpaired) electrons. The fraction of sp³-hybridized carbons (Fsp3) is 0.429. The number of nitrogens with zero attached hydrogens (tertiary/aromatic N) is 1. The lowest BCUT2D eigenvalue weighted by Crippen LogP contribution is -2.45. The second-order valence-corrected chi connectivity index (χ2v) is 4.25. The lowest BCUT2D eigenvalue weighted by molar-refractivity contribution is -0.142. The lowest BCUT2D eigenvalue weighted by Gasteiger charge is -2.29. The van der Waals surface area contributed by atoms with Crippen LogP contribution in [-0.2, 0) is 11.2 Å². The summed E-state index contributed by atoms with van der Waals surface area (Å²) in [5, 5.41) is 21.0. The van der Waals surface area contributed by atoms with E-state index in [-0.39, 0.29) is 0 Å². The first-order valence-corrected chi connectivity index (χ1v) is 6.05. The van der Waals surface area contributed by atoms with E-state index in [0.29, 0.717) is 19.3 Å². The molecule has 0 fully saturated rings. The van der Waals surface area contributed by atoms with Crippen LogP contribution in [0.15, 0.2) is 24.3 Å². The number of nitrogens with one attached hydrogen (secondary N) is 1. The molecule has 1 rings (SSSR count). The van der Waals surface area contributed by atoms with Crippen LogP contribution in [0.1, 0.15) is 32.3 Å². The van der Waals surface area contributed by atoms with Crippen molar-refractivity contribution >= 4 is 11.7 Å². The Morgan fingerprint density at radius 3 is 2.28 bits per heavy atom. The molecule has 1 aromatic carbocycles. The average Bonchev–Trinajstić information content (AvgIpc) is 2.38. The number of carboxylic acids is 1. The van der Waals surface area contributed by atoms with Gasteiger partial charge in [0.05, 0.1) is 12.5 Å². The first-order chi connectivity index (χ1) is 8.57. The van der Waals surface area contributed by atoms with Crippen LogP contribution in [0.2, 0.25) is 0 Å². The normalized spacial score (nSPS) is 10.7. The summed E-state index contributed by atoms with van der Waals surface area (Å²) in [6, 6.07) is 9.38. The predicted molar refractivity (Wildman–Crippen MR) is 70.3 cm³/mol. The van der Waals surface area contributed by atoms with Gasteiger partial charge in [-0.3, -0.25) is 0 Å². The van der Waals surface area contributed by atoms with Gasteiger partial charge in [-0.05, 0) is 30.5 Å². The van der Waals surface area contributed by atoms with Gasteiger partial charge in [0.15, 0.2) is 0 Å². The molecule has 4 nitrogen and oxygen atoms in total. The molecule has 96 valence electrons. The molecule has 0 aliphatic rings. The maximum absolute atomic E-state index is 11.4. The van der Waals surface area contributed by atoms with E-state index in [4.69, 9.17) is 5.26 Å². The second-order valence-electron chi connectivity index (χ2n) is 4.25. The van der Waals surface area contributed by atoms with Crippen LogP contribution in [-0.4, -0.2) is 16.6 Å². The van der Waals surface area contributed by atoms with Gasteiger partial charge in [-0.25, -0.2) is 4.79 Å². The molecule has 0 amide bonds. The number of rotatable bonds is 6. The standard InChI is InChI=1S/C14H18N2O2/c1-3-14(4-2,13(17)18)16-12-7-5-11(6-8-12)9-10-15/h5-8,16H,3-4,9H2,1-2H3,(H,17,18). The molecule has 0 aliphatic heterocycles. The van der Waals surface area contributed by atoms with Crippen LogP contribution >= 0.6 is 0 Å². The number of aliphatic carboxylic acids is 1. The number of nitriles is 1. The maximum atomic E-state index is 11.4.